The van der Waals surface area contributed by atoms with Crippen LogP contribution in [0.1, 0.15) is 13.8 Å². The zero-order valence-electron chi connectivity index (χ0n) is 15.2. The maximum absolute atomic E-state index is 11.4. The molecule has 1 aromatic rings. The van der Waals surface area contributed by atoms with E-state index in [-0.39, 0.29) is 6.61 Å². The first kappa shape index (κ1) is 20.0. The molecule has 24 heavy (non-hydrogen) atoms. The first-order chi connectivity index (χ1) is 11.2. The second-order valence-electron chi connectivity index (χ2n) is 6.16. The number of methoxy groups -OCH3 is 2. The second kappa shape index (κ2) is 8.72. The Kier molecular flexibility index (Phi) is 7.28. The van der Waals surface area contributed by atoms with Gasteiger partial charge < -0.3 is 18.9 Å². The number of ether oxygens (including phenoxy) is 4. The maximum Gasteiger partial charge on any atom is 0.303 e. The Labute approximate surface area is 144 Å². The molecule has 0 saturated carbocycles. The SMILES string of the molecule is COc1cccc(OC)c1[Si](C)(C)CC(COC(C)=O)OC(C)=O. The molecule has 0 aliphatic rings. The summed E-state index contributed by atoms with van der Waals surface area (Å²) in [6.07, 6.45) is -0.498. The summed E-state index contributed by atoms with van der Waals surface area (Å²) in [6, 6.07) is 6.23. The van der Waals surface area contributed by atoms with E-state index in [4.69, 9.17) is 18.9 Å². The second-order valence-corrected chi connectivity index (χ2v) is 10.8. The lowest BCUT2D eigenvalue weighted by molar-refractivity contribution is -0.155. The molecule has 1 unspecified atom stereocenters. The van der Waals surface area contributed by atoms with E-state index < -0.39 is 26.1 Å². The van der Waals surface area contributed by atoms with Gasteiger partial charge in [-0.25, -0.2) is 0 Å². The molecule has 1 rings (SSSR count). The smallest absolute Gasteiger partial charge is 0.303 e. The van der Waals surface area contributed by atoms with Gasteiger partial charge in [0.05, 0.1) is 22.3 Å². The number of esters is 2. The van der Waals surface area contributed by atoms with Crippen LogP contribution in [0.3, 0.4) is 0 Å². The summed E-state index contributed by atoms with van der Waals surface area (Å²) in [7, 11) is 1.10. The van der Waals surface area contributed by atoms with Crippen molar-refractivity contribution in [2.75, 3.05) is 20.8 Å². The van der Waals surface area contributed by atoms with E-state index in [2.05, 4.69) is 13.1 Å². The first-order valence-corrected chi connectivity index (χ1v) is 10.9. The Morgan fingerprint density at radius 1 is 1.04 bits per heavy atom. The fourth-order valence-electron chi connectivity index (χ4n) is 2.77. The molecule has 0 aliphatic carbocycles. The third-order valence-electron chi connectivity index (χ3n) is 3.65. The molecule has 0 amide bonds. The van der Waals surface area contributed by atoms with Crippen molar-refractivity contribution in [1.29, 1.82) is 0 Å². The predicted octanol–water partition coefficient (Wildman–Crippen LogP) is 2.11. The minimum Gasteiger partial charge on any atom is -0.497 e. The van der Waals surface area contributed by atoms with E-state index in [0.29, 0.717) is 6.04 Å². The number of benzene rings is 1. The van der Waals surface area contributed by atoms with Crippen LogP contribution < -0.4 is 14.7 Å². The van der Waals surface area contributed by atoms with Crippen LogP contribution >= 0.6 is 0 Å². The topological polar surface area (TPSA) is 71.1 Å². The van der Waals surface area contributed by atoms with E-state index in [0.717, 1.165) is 16.7 Å². The van der Waals surface area contributed by atoms with E-state index in [9.17, 15) is 9.59 Å². The summed E-state index contributed by atoms with van der Waals surface area (Å²) in [5.74, 6) is 0.700. The molecule has 0 aliphatic heterocycles. The van der Waals surface area contributed by atoms with Crippen LogP contribution in [-0.2, 0) is 19.1 Å². The monoisotopic (exact) mass is 354 g/mol. The van der Waals surface area contributed by atoms with Crippen LogP contribution in [0.15, 0.2) is 18.2 Å². The number of hydrogen-bond donors (Lipinski definition) is 0. The minimum atomic E-state index is -2.13. The van der Waals surface area contributed by atoms with Crippen molar-refractivity contribution >= 4 is 25.2 Å². The molecule has 0 fully saturated rings. The predicted molar refractivity (Wildman–Crippen MR) is 93.7 cm³/mol. The highest BCUT2D eigenvalue weighted by molar-refractivity contribution is 6.91. The Morgan fingerprint density at radius 2 is 1.58 bits per heavy atom. The van der Waals surface area contributed by atoms with E-state index in [1.807, 2.05) is 18.2 Å². The van der Waals surface area contributed by atoms with Crippen molar-refractivity contribution < 1.29 is 28.5 Å². The molecule has 0 bridgehead atoms. The van der Waals surface area contributed by atoms with Crippen molar-refractivity contribution in [2.24, 2.45) is 0 Å². The van der Waals surface area contributed by atoms with Crippen LogP contribution in [-0.4, -0.2) is 46.9 Å². The van der Waals surface area contributed by atoms with Gasteiger partial charge in [0, 0.05) is 19.0 Å². The lowest BCUT2D eigenvalue weighted by atomic mass is 10.3. The van der Waals surface area contributed by atoms with Crippen LogP contribution in [0.5, 0.6) is 11.5 Å². The summed E-state index contributed by atoms with van der Waals surface area (Å²) >= 11 is 0. The zero-order chi connectivity index (χ0) is 18.3. The Hall–Kier alpha value is -2.02. The average molecular weight is 354 g/mol. The highest BCUT2D eigenvalue weighted by atomic mass is 28.3. The quantitative estimate of drug-likeness (QED) is 0.526. The molecule has 0 heterocycles. The van der Waals surface area contributed by atoms with Crippen molar-refractivity contribution in [3.8, 4) is 11.5 Å². The summed E-state index contributed by atoms with van der Waals surface area (Å²) in [5, 5.41) is 1.01. The molecule has 0 radical (unpaired) electrons. The van der Waals surface area contributed by atoms with E-state index >= 15 is 0 Å². The van der Waals surface area contributed by atoms with Crippen molar-refractivity contribution in [2.45, 2.75) is 39.1 Å². The van der Waals surface area contributed by atoms with Gasteiger partial charge in [0.25, 0.3) is 0 Å². The van der Waals surface area contributed by atoms with Gasteiger partial charge in [-0.05, 0) is 18.2 Å². The summed E-state index contributed by atoms with van der Waals surface area (Å²) < 4.78 is 21.4. The molecule has 0 spiro atoms. The third kappa shape index (κ3) is 5.56. The molecule has 0 saturated heterocycles. The van der Waals surface area contributed by atoms with Gasteiger partial charge in [0.2, 0.25) is 0 Å². The molecule has 134 valence electrons. The van der Waals surface area contributed by atoms with Crippen LogP contribution in [0.2, 0.25) is 19.1 Å². The molecule has 1 atom stereocenters. The highest BCUT2D eigenvalue weighted by Gasteiger charge is 2.35. The van der Waals surface area contributed by atoms with Crippen molar-refractivity contribution in [1.82, 2.24) is 0 Å². The summed E-state index contributed by atoms with van der Waals surface area (Å²) in [5.41, 5.74) is 0. The summed E-state index contributed by atoms with van der Waals surface area (Å²) in [4.78, 5) is 22.4. The fraction of sp³-hybridized carbons (Fsp3) is 0.529. The fourth-order valence-corrected chi connectivity index (χ4v) is 6.02. The lowest BCUT2D eigenvalue weighted by Crippen LogP contribution is -2.47. The molecule has 0 N–H and O–H groups in total. The number of carbonyl (C=O) groups is 2. The van der Waals surface area contributed by atoms with E-state index in [1.165, 1.54) is 13.8 Å². The van der Waals surface area contributed by atoms with Gasteiger partial charge in [-0.1, -0.05) is 19.2 Å². The van der Waals surface area contributed by atoms with Gasteiger partial charge in [-0.3, -0.25) is 9.59 Å². The van der Waals surface area contributed by atoms with Gasteiger partial charge >= 0.3 is 11.9 Å². The largest absolute Gasteiger partial charge is 0.497 e. The Balaban J connectivity index is 3.11. The zero-order valence-corrected chi connectivity index (χ0v) is 16.2. The van der Waals surface area contributed by atoms with Gasteiger partial charge in [0.15, 0.2) is 0 Å². The molecule has 7 heteroatoms. The number of rotatable bonds is 8. The lowest BCUT2D eigenvalue weighted by Gasteiger charge is -2.30. The van der Waals surface area contributed by atoms with Crippen molar-refractivity contribution in [3.63, 3.8) is 0 Å². The summed E-state index contributed by atoms with van der Waals surface area (Å²) in [6.45, 7) is 6.99. The maximum atomic E-state index is 11.4. The van der Waals surface area contributed by atoms with Crippen LogP contribution in [0.25, 0.3) is 0 Å². The Bertz CT molecular complexity index is 562. The standard InChI is InChI=1S/C17H26O6Si/c1-12(18)22-10-14(23-13(2)19)11-24(5,6)17-15(20-3)8-7-9-16(17)21-4/h7-9,14H,10-11H2,1-6H3. The van der Waals surface area contributed by atoms with Crippen LogP contribution in [0, 0.1) is 0 Å². The van der Waals surface area contributed by atoms with Crippen LogP contribution in [0.4, 0.5) is 0 Å². The van der Waals surface area contributed by atoms with Crippen molar-refractivity contribution in [3.05, 3.63) is 18.2 Å². The van der Waals surface area contributed by atoms with Gasteiger partial charge in [-0.2, -0.15) is 0 Å². The normalized spacial score (nSPS) is 12.2. The first-order valence-electron chi connectivity index (χ1n) is 7.73. The number of carbonyl (C=O) groups excluding carboxylic acids is 2. The molecular weight excluding hydrogens is 328 g/mol. The van der Waals surface area contributed by atoms with Gasteiger partial charge in [0.1, 0.15) is 24.2 Å². The molecule has 6 nitrogen and oxygen atoms in total. The minimum absolute atomic E-state index is 0.0445. The highest BCUT2D eigenvalue weighted by Crippen LogP contribution is 2.26. The van der Waals surface area contributed by atoms with E-state index in [1.54, 1.807) is 14.2 Å². The molecule has 1 aromatic carbocycles. The molecule has 0 aromatic heterocycles. The molecular formula is C17H26O6Si. The third-order valence-corrected chi connectivity index (χ3v) is 6.97. The Morgan fingerprint density at radius 3 is 2.00 bits per heavy atom. The number of hydrogen-bond acceptors (Lipinski definition) is 6. The van der Waals surface area contributed by atoms with Gasteiger partial charge in [-0.15, -0.1) is 0 Å². The average Bonchev–Trinajstić information content (AvgIpc) is 2.50.